The molecule has 2 N–H and O–H groups in total. The number of hydrogen-bond donors (Lipinski definition) is 1. The van der Waals surface area contributed by atoms with Gasteiger partial charge >= 0.3 is 5.95 Å². The number of Topliss-reactive ketones (excluding diaryl/α,β-unsaturated/α-hetero) is 1. The monoisotopic (exact) mass is 404 g/mol. The summed E-state index contributed by atoms with van der Waals surface area (Å²) >= 11 is 11.9. The number of halogens is 2. The van der Waals surface area contributed by atoms with Crippen LogP contribution in [0.3, 0.4) is 0 Å². The van der Waals surface area contributed by atoms with E-state index in [-0.39, 0.29) is 12.3 Å². The summed E-state index contributed by atoms with van der Waals surface area (Å²) in [6.07, 6.45) is 1.86. The van der Waals surface area contributed by atoms with E-state index in [1.54, 1.807) is 22.8 Å². The third-order valence-electron chi connectivity index (χ3n) is 4.29. The van der Waals surface area contributed by atoms with Crippen LogP contribution in [0.25, 0.3) is 11.3 Å². The highest BCUT2D eigenvalue weighted by molar-refractivity contribution is 6.42. The molecule has 0 radical (unpaired) electrons. The number of rotatable bonds is 6. The Bertz CT molecular complexity index is 982. The maximum Gasteiger partial charge on any atom is 0.355 e. The lowest BCUT2D eigenvalue weighted by molar-refractivity contribution is -0.667. The van der Waals surface area contributed by atoms with Gasteiger partial charge in [-0.15, -0.1) is 0 Å². The van der Waals surface area contributed by atoms with Crippen molar-refractivity contribution < 1.29 is 14.1 Å². The smallest absolute Gasteiger partial charge is 0.355 e. The number of anilines is 1. The van der Waals surface area contributed by atoms with E-state index in [0.717, 1.165) is 17.0 Å². The Balaban J connectivity index is 1.86. The molecule has 5 nitrogen and oxygen atoms in total. The standard InChI is InChI=1S/C20H19Cl2N3O2/c1-3-27-15-7-4-13(5-8-15)18-11-25(20(23)24(18)2)12-19(26)14-6-9-16(21)17(22)10-14/h4-11,23H,3,12H2,1-2H3/p+1. The van der Waals surface area contributed by atoms with Gasteiger partial charge < -0.3 is 4.74 Å². The van der Waals surface area contributed by atoms with Crippen molar-refractivity contribution in [3.05, 3.63) is 64.3 Å². The third kappa shape index (κ3) is 4.10. The quantitative estimate of drug-likeness (QED) is 0.495. The molecule has 2 aromatic carbocycles. The normalized spacial score (nSPS) is 10.8. The van der Waals surface area contributed by atoms with Crippen molar-refractivity contribution in [1.82, 2.24) is 4.57 Å². The Morgan fingerprint density at radius 1 is 1.15 bits per heavy atom. The van der Waals surface area contributed by atoms with Crippen LogP contribution in [-0.4, -0.2) is 17.0 Å². The first kappa shape index (κ1) is 19.3. The predicted octanol–water partition coefficient (Wildman–Crippen LogP) is 4.15. The molecule has 1 aromatic heterocycles. The van der Waals surface area contributed by atoms with Crippen LogP contribution in [0.1, 0.15) is 17.3 Å². The SMILES string of the molecule is CCOc1ccc(-c2c[n+](CC(=O)c3ccc(Cl)c(Cl)c3)c(N)n2C)cc1. The number of nitrogens with two attached hydrogens (primary N) is 1. The largest absolute Gasteiger partial charge is 0.494 e. The molecule has 0 bridgehead atoms. The molecule has 0 amide bonds. The minimum absolute atomic E-state index is 0.103. The highest BCUT2D eigenvalue weighted by atomic mass is 35.5. The van der Waals surface area contributed by atoms with E-state index < -0.39 is 0 Å². The summed E-state index contributed by atoms with van der Waals surface area (Å²) in [7, 11) is 1.86. The van der Waals surface area contributed by atoms with E-state index in [1.807, 2.05) is 49.0 Å². The lowest BCUT2D eigenvalue weighted by atomic mass is 10.1. The first-order valence-corrected chi connectivity index (χ1v) is 9.22. The second-order valence-electron chi connectivity index (χ2n) is 6.07. The van der Waals surface area contributed by atoms with Gasteiger partial charge in [-0.2, -0.15) is 0 Å². The topological polar surface area (TPSA) is 61.1 Å². The molecule has 0 saturated heterocycles. The van der Waals surface area contributed by atoms with E-state index in [0.29, 0.717) is 28.2 Å². The van der Waals surface area contributed by atoms with Crippen molar-refractivity contribution in [3.63, 3.8) is 0 Å². The first-order valence-electron chi connectivity index (χ1n) is 8.46. The molecule has 3 rings (SSSR count). The number of aromatic nitrogens is 2. The van der Waals surface area contributed by atoms with Gasteiger partial charge in [-0.1, -0.05) is 23.2 Å². The Kier molecular flexibility index (Phi) is 5.73. The number of nitrogens with zero attached hydrogens (tertiary/aromatic N) is 2. The summed E-state index contributed by atoms with van der Waals surface area (Å²) in [4.78, 5) is 12.6. The summed E-state index contributed by atoms with van der Waals surface area (Å²) in [6.45, 7) is 2.67. The van der Waals surface area contributed by atoms with Crippen LogP contribution >= 0.6 is 23.2 Å². The molecule has 0 aliphatic heterocycles. The number of ether oxygens (including phenoxy) is 1. The van der Waals surface area contributed by atoms with Gasteiger partial charge in [0.2, 0.25) is 0 Å². The van der Waals surface area contributed by atoms with E-state index in [2.05, 4.69) is 0 Å². The molecular formula is C20H20Cl2N3O2+. The summed E-state index contributed by atoms with van der Waals surface area (Å²) in [5, 5.41) is 0.765. The van der Waals surface area contributed by atoms with Crippen molar-refractivity contribution in [3.8, 4) is 17.0 Å². The van der Waals surface area contributed by atoms with Crippen LogP contribution in [0.5, 0.6) is 5.75 Å². The first-order chi connectivity index (χ1) is 12.9. The Labute approximate surface area is 167 Å². The van der Waals surface area contributed by atoms with Gasteiger partial charge in [0.05, 0.1) is 23.7 Å². The summed E-state index contributed by atoms with van der Waals surface area (Å²) in [5.41, 5.74) is 8.57. The average molecular weight is 405 g/mol. The fourth-order valence-corrected chi connectivity index (χ4v) is 3.11. The van der Waals surface area contributed by atoms with Crippen molar-refractivity contribution in [2.75, 3.05) is 12.3 Å². The molecule has 1 heterocycles. The van der Waals surface area contributed by atoms with E-state index >= 15 is 0 Å². The third-order valence-corrected chi connectivity index (χ3v) is 5.03. The zero-order chi connectivity index (χ0) is 19.6. The second-order valence-corrected chi connectivity index (χ2v) is 6.88. The van der Waals surface area contributed by atoms with Gasteiger partial charge in [0.1, 0.15) is 24.2 Å². The predicted molar refractivity (Wildman–Crippen MR) is 107 cm³/mol. The maximum atomic E-state index is 12.6. The molecular weight excluding hydrogens is 385 g/mol. The molecule has 140 valence electrons. The van der Waals surface area contributed by atoms with Crippen molar-refractivity contribution in [1.29, 1.82) is 0 Å². The number of hydrogen-bond acceptors (Lipinski definition) is 3. The van der Waals surface area contributed by atoms with Gasteiger partial charge in [-0.3, -0.25) is 10.5 Å². The van der Waals surface area contributed by atoms with Crippen molar-refractivity contribution >= 4 is 34.9 Å². The van der Waals surface area contributed by atoms with Crippen LogP contribution in [0, 0.1) is 0 Å². The number of nitrogen functional groups attached to an aromatic ring is 1. The number of ketones is 1. The molecule has 0 unspecified atom stereocenters. The fraction of sp³-hybridized carbons (Fsp3) is 0.200. The molecule has 0 atom stereocenters. The minimum Gasteiger partial charge on any atom is -0.494 e. The Morgan fingerprint density at radius 2 is 1.85 bits per heavy atom. The molecule has 0 saturated carbocycles. The van der Waals surface area contributed by atoms with Crippen LogP contribution < -0.4 is 15.0 Å². The molecule has 0 aliphatic carbocycles. The highest BCUT2D eigenvalue weighted by Gasteiger charge is 2.20. The minimum atomic E-state index is -0.103. The zero-order valence-corrected chi connectivity index (χ0v) is 16.6. The van der Waals surface area contributed by atoms with Gasteiger partial charge in [0.25, 0.3) is 0 Å². The fourth-order valence-electron chi connectivity index (χ4n) is 2.82. The summed E-state index contributed by atoms with van der Waals surface area (Å²) in [6, 6.07) is 12.6. The Hall–Kier alpha value is -2.50. The zero-order valence-electron chi connectivity index (χ0n) is 15.1. The lowest BCUT2D eigenvalue weighted by Crippen LogP contribution is -2.39. The van der Waals surface area contributed by atoms with Gasteiger partial charge in [-0.25, -0.2) is 9.13 Å². The van der Waals surface area contributed by atoms with Crippen LogP contribution in [0.15, 0.2) is 48.7 Å². The molecule has 0 spiro atoms. The number of benzene rings is 2. The molecule has 0 fully saturated rings. The van der Waals surface area contributed by atoms with Gasteiger partial charge in [0.15, 0.2) is 5.78 Å². The van der Waals surface area contributed by atoms with E-state index in [9.17, 15) is 4.79 Å². The van der Waals surface area contributed by atoms with Gasteiger partial charge in [-0.05, 0) is 49.4 Å². The Morgan fingerprint density at radius 3 is 2.48 bits per heavy atom. The molecule has 3 aromatic rings. The van der Waals surface area contributed by atoms with E-state index in [1.165, 1.54) is 0 Å². The molecule has 27 heavy (non-hydrogen) atoms. The van der Waals surface area contributed by atoms with E-state index in [4.69, 9.17) is 33.7 Å². The highest BCUT2D eigenvalue weighted by Crippen LogP contribution is 2.24. The van der Waals surface area contributed by atoms with Crippen LogP contribution in [0.4, 0.5) is 5.95 Å². The number of imidazole rings is 1. The number of carbonyl (C=O) groups is 1. The van der Waals surface area contributed by atoms with Crippen molar-refractivity contribution in [2.45, 2.75) is 13.5 Å². The average Bonchev–Trinajstić information content (AvgIpc) is 2.93. The summed E-state index contributed by atoms with van der Waals surface area (Å²) in [5.74, 6) is 1.19. The second kappa shape index (κ2) is 8.03. The van der Waals surface area contributed by atoms with Crippen molar-refractivity contribution in [2.24, 2.45) is 7.05 Å². The van der Waals surface area contributed by atoms with Crippen LogP contribution in [0.2, 0.25) is 10.0 Å². The summed E-state index contributed by atoms with van der Waals surface area (Å²) < 4.78 is 9.04. The molecule has 0 aliphatic rings. The van der Waals surface area contributed by atoms with Gasteiger partial charge in [0, 0.05) is 11.1 Å². The molecule has 7 heteroatoms. The van der Waals surface area contributed by atoms with Crippen LogP contribution in [-0.2, 0) is 13.6 Å². The maximum absolute atomic E-state index is 12.6. The number of carbonyl (C=O) groups excluding carboxylic acids is 1. The lowest BCUT2D eigenvalue weighted by Gasteiger charge is -2.03.